The van der Waals surface area contributed by atoms with E-state index in [0.717, 1.165) is 5.56 Å². The van der Waals surface area contributed by atoms with Crippen molar-refractivity contribution in [1.82, 2.24) is 19.9 Å². The van der Waals surface area contributed by atoms with E-state index in [1.54, 1.807) is 17.3 Å². The molecule has 1 aliphatic rings. The molecule has 31 heavy (non-hydrogen) atoms. The molecule has 166 valence electrons. The Bertz CT molecular complexity index is 919. The molecule has 0 aromatic carbocycles. The van der Waals surface area contributed by atoms with Gasteiger partial charge in [0.05, 0.1) is 11.3 Å². The molecular formula is C22H29N5O4. The number of likely N-dealkylation sites (tertiary alicyclic amines) is 1. The van der Waals surface area contributed by atoms with E-state index in [1.165, 1.54) is 6.33 Å². The van der Waals surface area contributed by atoms with Crippen LogP contribution in [0.25, 0.3) is 0 Å². The number of hydrogen-bond acceptors (Lipinski definition) is 8. The summed E-state index contributed by atoms with van der Waals surface area (Å²) < 4.78 is 11.5. The first-order valence-corrected chi connectivity index (χ1v) is 10.3. The van der Waals surface area contributed by atoms with E-state index in [4.69, 9.17) is 14.3 Å². The number of oxime groups is 1. The van der Waals surface area contributed by atoms with Gasteiger partial charge < -0.3 is 19.2 Å². The maximum Gasteiger partial charge on any atom is 0.410 e. The molecule has 0 aliphatic carbocycles. The summed E-state index contributed by atoms with van der Waals surface area (Å²) in [6.07, 6.45) is 5.85. The minimum absolute atomic E-state index is 0.0548. The number of piperidine rings is 1. The lowest BCUT2D eigenvalue weighted by Gasteiger charge is -2.33. The highest BCUT2D eigenvalue weighted by Gasteiger charge is 2.28. The van der Waals surface area contributed by atoms with Crippen LogP contribution in [0.5, 0.6) is 11.8 Å². The molecule has 0 saturated carbocycles. The lowest BCUT2D eigenvalue weighted by molar-refractivity contribution is 0.0122. The van der Waals surface area contributed by atoms with Crippen LogP contribution >= 0.6 is 0 Å². The quantitative estimate of drug-likeness (QED) is 0.529. The average Bonchev–Trinajstić information content (AvgIpc) is 2.74. The number of amides is 1. The molecule has 1 amide bonds. The minimum Gasteiger partial charge on any atom is -0.474 e. The predicted octanol–water partition coefficient (Wildman–Crippen LogP) is 3.76. The smallest absolute Gasteiger partial charge is 0.410 e. The summed E-state index contributed by atoms with van der Waals surface area (Å²) in [5.41, 5.74) is 1.71. The Balaban J connectivity index is 1.58. The number of carbonyl (C=O) groups excluding carboxylic acids is 1. The van der Waals surface area contributed by atoms with Crippen molar-refractivity contribution in [2.75, 3.05) is 13.1 Å². The third-order valence-electron chi connectivity index (χ3n) is 4.71. The van der Waals surface area contributed by atoms with Gasteiger partial charge in [-0.25, -0.2) is 9.78 Å². The Morgan fingerprint density at radius 3 is 2.55 bits per heavy atom. The number of rotatable bonds is 5. The van der Waals surface area contributed by atoms with E-state index in [-0.39, 0.29) is 12.2 Å². The zero-order valence-electron chi connectivity index (χ0n) is 18.7. The second kappa shape index (κ2) is 9.72. The first kappa shape index (κ1) is 22.5. The topological polar surface area (TPSA) is 99.0 Å². The van der Waals surface area contributed by atoms with E-state index in [1.807, 2.05) is 46.8 Å². The summed E-state index contributed by atoms with van der Waals surface area (Å²) in [5, 5.41) is 4.14. The molecule has 0 atom stereocenters. The molecule has 0 radical (unpaired) electrons. The van der Waals surface area contributed by atoms with Gasteiger partial charge in [0.15, 0.2) is 0 Å². The van der Waals surface area contributed by atoms with Crippen molar-refractivity contribution < 1.29 is 19.1 Å². The van der Waals surface area contributed by atoms with Gasteiger partial charge in [0, 0.05) is 43.9 Å². The number of pyridine rings is 1. The second-order valence-corrected chi connectivity index (χ2v) is 8.40. The van der Waals surface area contributed by atoms with Crippen LogP contribution in [-0.4, -0.2) is 56.5 Å². The van der Waals surface area contributed by atoms with Gasteiger partial charge in [-0.3, -0.25) is 4.98 Å². The maximum absolute atomic E-state index is 12.2. The van der Waals surface area contributed by atoms with Crippen LogP contribution < -0.4 is 9.57 Å². The van der Waals surface area contributed by atoms with Gasteiger partial charge in [-0.05, 0) is 46.8 Å². The first-order valence-electron chi connectivity index (χ1n) is 10.3. The van der Waals surface area contributed by atoms with Gasteiger partial charge in [0.2, 0.25) is 5.88 Å². The molecule has 2 aromatic heterocycles. The molecule has 3 rings (SSSR count). The van der Waals surface area contributed by atoms with E-state index < -0.39 is 5.60 Å². The second-order valence-electron chi connectivity index (χ2n) is 8.40. The van der Waals surface area contributed by atoms with E-state index in [2.05, 4.69) is 20.1 Å². The Kier molecular flexibility index (Phi) is 7.04. The molecule has 9 heteroatoms. The van der Waals surface area contributed by atoms with Gasteiger partial charge in [-0.15, -0.1) is 0 Å². The zero-order chi connectivity index (χ0) is 22.4. The number of hydrogen-bond donors (Lipinski definition) is 0. The molecule has 1 saturated heterocycles. The van der Waals surface area contributed by atoms with Crippen LogP contribution in [0.2, 0.25) is 0 Å². The van der Waals surface area contributed by atoms with E-state index in [9.17, 15) is 4.79 Å². The largest absolute Gasteiger partial charge is 0.474 e. The van der Waals surface area contributed by atoms with Crippen molar-refractivity contribution in [1.29, 1.82) is 0 Å². The molecule has 0 spiro atoms. The molecule has 1 aliphatic heterocycles. The van der Waals surface area contributed by atoms with Crippen LogP contribution in [0.3, 0.4) is 0 Å². The predicted molar refractivity (Wildman–Crippen MR) is 115 cm³/mol. The zero-order valence-corrected chi connectivity index (χ0v) is 18.7. The molecule has 2 aromatic rings. The minimum atomic E-state index is -0.503. The third-order valence-corrected chi connectivity index (χ3v) is 4.71. The summed E-state index contributed by atoms with van der Waals surface area (Å²) in [6.45, 7) is 10.4. The number of carbonyl (C=O) groups is 1. The fourth-order valence-corrected chi connectivity index (χ4v) is 3.01. The first-order chi connectivity index (χ1) is 14.7. The monoisotopic (exact) mass is 427 g/mol. The normalized spacial score (nSPS) is 15.5. The number of aromatic nitrogens is 3. The lowest BCUT2D eigenvalue weighted by atomic mass is 10.1. The molecule has 0 bridgehead atoms. The van der Waals surface area contributed by atoms with Crippen LogP contribution in [0, 0.1) is 6.92 Å². The SMILES string of the molecule is C/C(=N/Oc1ncnc(OC2CCN(C(=O)OC(C)(C)C)CC2)c1C)c1cccnc1. The number of nitrogens with zero attached hydrogens (tertiary/aromatic N) is 5. The van der Waals surface area contributed by atoms with Crippen molar-refractivity contribution in [3.63, 3.8) is 0 Å². The standard InChI is InChI=1S/C22H29N5O4/c1-15-19(29-18-8-11-27(12-9-18)21(28)30-22(3,4)5)24-14-25-20(15)31-26-16(2)17-7-6-10-23-13-17/h6-7,10,13-14,18H,8-9,11-12H2,1-5H3/b26-16-. The summed E-state index contributed by atoms with van der Waals surface area (Å²) in [7, 11) is 0. The van der Waals surface area contributed by atoms with Gasteiger partial charge >= 0.3 is 6.09 Å². The summed E-state index contributed by atoms with van der Waals surface area (Å²) >= 11 is 0. The molecule has 1 fully saturated rings. The average molecular weight is 428 g/mol. The van der Waals surface area contributed by atoms with Crippen molar-refractivity contribution in [2.45, 2.75) is 59.2 Å². The fraction of sp³-hybridized carbons (Fsp3) is 0.500. The number of ether oxygens (including phenoxy) is 2. The van der Waals surface area contributed by atoms with Crippen LogP contribution in [-0.2, 0) is 4.74 Å². The van der Waals surface area contributed by atoms with Crippen molar-refractivity contribution >= 4 is 11.8 Å². The summed E-state index contributed by atoms with van der Waals surface area (Å²) in [5.74, 6) is 0.786. The fourth-order valence-electron chi connectivity index (χ4n) is 3.01. The van der Waals surface area contributed by atoms with E-state index >= 15 is 0 Å². The molecule has 0 unspecified atom stereocenters. The highest BCUT2D eigenvalue weighted by Crippen LogP contribution is 2.26. The molecule has 9 nitrogen and oxygen atoms in total. The molecule has 0 N–H and O–H groups in total. The Hall–Kier alpha value is -3.23. The Morgan fingerprint density at radius 1 is 1.19 bits per heavy atom. The van der Waals surface area contributed by atoms with Crippen LogP contribution in [0.1, 0.15) is 51.7 Å². The van der Waals surface area contributed by atoms with Gasteiger partial charge in [0.25, 0.3) is 5.88 Å². The van der Waals surface area contributed by atoms with Gasteiger partial charge in [-0.2, -0.15) is 4.98 Å². The van der Waals surface area contributed by atoms with Crippen LogP contribution in [0.4, 0.5) is 4.79 Å². The van der Waals surface area contributed by atoms with Crippen molar-refractivity contribution in [2.24, 2.45) is 5.16 Å². The maximum atomic E-state index is 12.2. The Labute approximate surface area is 182 Å². The molecular weight excluding hydrogens is 398 g/mol. The molecule has 3 heterocycles. The highest BCUT2D eigenvalue weighted by molar-refractivity contribution is 5.98. The summed E-state index contributed by atoms with van der Waals surface area (Å²) in [4.78, 5) is 31.9. The highest BCUT2D eigenvalue weighted by atomic mass is 16.6. The third kappa shape index (κ3) is 6.37. The van der Waals surface area contributed by atoms with Crippen molar-refractivity contribution in [3.8, 4) is 11.8 Å². The van der Waals surface area contributed by atoms with Crippen LogP contribution in [0.15, 0.2) is 36.0 Å². The lowest BCUT2D eigenvalue weighted by Crippen LogP contribution is -2.44. The Morgan fingerprint density at radius 2 is 1.90 bits per heavy atom. The van der Waals surface area contributed by atoms with Gasteiger partial charge in [0.1, 0.15) is 18.0 Å². The summed E-state index contributed by atoms with van der Waals surface area (Å²) in [6, 6.07) is 3.74. The van der Waals surface area contributed by atoms with Crippen molar-refractivity contribution in [3.05, 3.63) is 42.0 Å². The van der Waals surface area contributed by atoms with E-state index in [0.29, 0.717) is 49.0 Å². The van der Waals surface area contributed by atoms with Gasteiger partial charge in [-0.1, -0.05) is 5.16 Å².